The van der Waals surface area contributed by atoms with Crippen LogP contribution in [0.4, 0.5) is 15.9 Å². The van der Waals surface area contributed by atoms with Crippen molar-refractivity contribution in [2.24, 2.45) is 0 Å². The lowest BCUT2D eigenvalue weighted by Gasteiger charge is -2.07. The average molecular weight is 411 g/mol. The molecule has 0 saturated heterocycles. The maximum atomic E-state index is 13.4. The summed E-state index contributed by atoms with van der Waals surface area (Å²) in [5.41, 5.74) is 3.89. The molecule has 0 bridgehead atoms. The number of anilines is 2. The van der Waals surface area contributed by atoms with Crippen molar-refractivity contribution in [3.8, 4) is 11.3 Å². The first-order valence-corrected chi connectivity index (χ1v) is 9.26. The third-order valence-corrected chi connectivity index (χ3v) is 4.93. The Morgan fingerprint density at radius 2 is 2.03 bits per heavy atom. The number of hydrogen-bond acceptors (Lipinski definition) is 4. The monoisotopic (exact) mass is 410 g/mol. The summed E-state index contributed by atoms with van der Waals surface area (Å²) < 4.78 is 13.4. The number of hydrogen-bond donors (Lipinski definition) is 3. The summed E-state index contributed by atoms with van der Waals surface area (Å²) in [6.45, 7) is 1.91. The van der Waals surface area contributed by atoms with Crippen LogP contribution in [0.1, 0.15) is 22.8 Å². The molecule has 0 fully saturated rings. The highest BCUT2D eigenvalue weighted by Gasteiger charge is 2.14. The summed E-state index contributed by atoms with van der Waals surface area (Å²) in [4.78, 5) is 23.1. The maximum absolute atomic E-state index is 13.4. The number of nitrogens with zero attached hydrogens (tertiary/aromatic N) is 2. The van der Waals surface area contributed by atoms with Gasteiger partial charge in [0, 0.05) is 11.4 Å². The Kier molecular flexibility index (Phi) is 4.90. The van der Waals surface area contributed by atoms with Gasteiger partial charge in [0.25, 0.3) is 0 Å². The number of nitrogens with one attached hydrogen (secondary N) is 2. The molecule has 4 aromatic rings. The molecule has 0 aliphatic heterocycles. The highest BCUT2D eigenvalue weighted by Crippen LogP contribution is 2.30. The molecule has 0 atom stereocenters. The zero-order chi connectivity index (χ0) is 20.5. The minimum absolute atomic E-state index is 0.0145. The molecule has 2 aromatic carbocycles. The number of aromatic carboxylic acids is 1. The summed E-state index contributed by atoms with van der Waals surface area (Å²) in [5, 5.41) is 13.2. The molecule has 3 N–H and O–H groups in total. The molecule has 29 heavy (non-hydrogen) atoms. The van der Waals surface area contributed by atoms with E-state index in [9.17, 15) is 14.3 Å². The predicted molar refractivity (Wildman–Crippen MR) is 110 cm³/mol. The van der Waals surface area contributed by atoms with Crippen LogP contribution in [0.5, 0.6) is 0 Å². The second-order valence-electron chi connectivity index (χ2n) is 6.45. The Labute approximate surface area is 170 Å². The van der Waals surface area contributed by atoms with Gasteiger partial charge in [-0.2, -0.15) is 0 Å². The van der Waals surface area contributed by atoms with E-state index in [4.69, 9.17) is 11.6 Å². The van der Waals surface area contributed by atoms with E-state index in [-0.39, 0.29) is 5.02 Å². The van der Waals surface area contributed by atoms with Crippen molar-refractivity contribution >= 4 is 40.1 Å². The molecule has 0 spiro atoms. The first-order valence-electron chi connectivity index (χ1n) is 8.88. The fraction of sp³-hybridized carbons (Fsp3) is 0.0952. The summed E-state index contributed by atoms with van der Waals surface area (Å²) in [6.07, 6.45) is 2.02. The highest BCUT2D eigenvalue weighted by molar-refractivity contribution is 6.31. The molecule has 8 heteroatoms. The lowest BCUT2D eigenvalue weighted by atomic mass is 10.0. The molecule has 2 heterocycles. The largest absolute Gasteiger partial charge is 0.478 e. The zero-order valence-corrected chi connectivity index (χ0v) is 16.1. The number of H-pyrrole nitrogens is 1. The van der Waals surface area contributed by atoms with Gasteiger partial charge in [0.05, 0.1) is 16.0 Å². The van der Waals surface area contributed by atoms with Gasteiger partial charge in [-0.05, 0) is 53.9 Å². The third-order valence-electron chi connectivity index (χ3n) is 4.64. The van der Waals surface area contributed by atoms with E-state index in [1.807, 2.05) is 19.1 Å². The number of rotatable bonds is 5. The van der Waals surface area contributed by atoms with Gasteiger partial charge < -0.3 is 15.4 Å². The fourth-order valence-corrected chi connectivity index (χ4v) is 3.35. The first-order chi connectivity index (χ1) is 14.0. The van der Waals surface area contributed by atoms with E-state index in [1.54, 1.807) is 18.2 Å². The van der Waals surface area contributed by atoms with Crippen molar-refractivity contribution in [3.05, 3.63) is 70.8 Å². The van der Waals surface area contributed by atoms with Crippen LogP contribution >= 0.6 is 11.6 Å². The highest BCUT2D eigenvalue weighted by atomic mass is 35.5. The normalized spacial score (nSPS) is 11.0. The van der Waals surface area contributed by atoms with Gasteiger partial charge in [-0.15, -0.1) is 0 Å². The van der Waals surface area contributed by atoms with E-state index >= 15 is 0 Å². The summed E-state index contributed by atoms with van der Waals surface area (Å²) in [7, 11) is 0. The van der Waals surface area contributed by atoms with Gasteiger partial charge in [-0.25, -0.2) is 19.2 Å². The fourth-order valence-electron chi connectivity index (χ4n) is 3.17. The Hall–Kier alpha value is -3.45. The van der Waals surface area contributed by atoms with E-state index in [2.05, 4.69) is 20.3 Å². The van der Waals surface area contributed by atoms with Gasteiger partial charge in [0.2, 0.25) is 0 Å². The molecule has 146 valence electrons. The second kappa shape index (κ2) is 7.52. The molecular weight excluding hydrogens is 395 g/mol. The van der Waals surface area contributed by atoms with E-state index in [0.717, 1.165) is 22.2 Å². The van der Waals surface area contributed by atoms with Crippen molar-refractivity contribution < 1.29 is 14.3 Å². The molecule has 0 unspecified atom stereocenters. The predicted octanol–water partition coefficient (Wildman–Crippen LogP) is 5.42. The Morgan fingerprint density at radius 3 is 2.76 bits per heavy atom. The zero-order valence-electron chi connectivity index (χ0n) is 15.3. The Morgan fingerprint density at radius 1 is 1.21 bits per heavy atom. The van der Waals surface area contributed by atoms with Gasteiger partial charge in [-0.1, -0.05) is 24.6 Å². The molecule has 0 amide bonds. The van der Waals surface area contributed by atoms with E-state index < -0.39 is 11.8 Å². The number of aromatic nitrogens is 3. The number of carboxylic acid groups (broad SMARTS) is 1. The topological polar surface area (TPSA) is 90.9 Å². The number of benzene rings is 2. The van der Waals surface area contributed by atoms with Crippen molar-refractivity contribution in [2.45, 2.75) is 13.3 Å². The molecular formula is C21H16ClFN4O2. The van der Waals surface area contributed by atoms with Crippen LogP contribution in [-0.4, -0.2) is 26.0 Å². The average Bonchev–Trinajstić information content (AvgIpc) is 3.15. The summed E-state index contributed by atoms with van der Waals surface area (Å²) in [6, 6.07) is 11.4. The lowest BCUT2D eigenvalue weighted by Crippen LogP contribution is -2.01. The van der Waals surface area contributed by atoms with Crippen LogP contribution < -0.4 is 5.32 Å². The van der Waals surface area contributed by atoms with E-state index in [1.165, 1.54) is 18.5 Å². The minimum Gasteiger partial charge on any atom is -0.478 e. The summed E-state index contributed by atoms with van der Waals surface area (Å²) in [5.74, 6) is -0.899. The molecule has 0 aliphatic rings. The quantitative estimate of drug-likeness (QED) is 0.408. The molecule has 0 aliphatic carbocycles. The summed E-state index contributed by atoms with van der Waals surface area (Å²) >= 11 is 5.85. The van der Waals surface area contributed by atoms with Crippen LogP contribution in [0.15, 0.2) is 48.8 Å². The SMILES string of the molecule is CCc1cc(-c2cc3c(Nc4ccc(F)c(Cl)c4)ncnc3[nH]2)ccc1C(=O)O. The minimum atomic E-state index is -0.944. The van der Waals surface area contributed by atoms with Gasteiger partial charge in [0.15, 0.2) is 0 Å². The van der Waals surface area contributed by atoms with Crippen LogP contribution in [0.25, 0.3) is 22.3 Å². The number of carbonyl (C=O) groups is 1. The maximum Gasteiger partial charge on any atom is 0.335 e. The third kappa shape index (κ3) is 3.64. The van der Waals surface area contributed by atoms with Gasteiger partial charge >= 0.3 is 5.97 Å². The molecule has 6 nitrogen and oxygen atoms in total. The molecule has 2 aromatic heterocycles. The van der Waals surface area contributed by atoms with Crippen molar-refractivity contribution in [1.82, 2.24) is 15.0 Å². The van der Waals surface area contributed by atoms with Crippen LogP contribution in [0.2, 0.25) is 5.02 Å². The number of carboxylic acids is 1. The standard InChI is InChI=1S/C21H16ClFN4O2/c1-2-11-7-12(3-5-14(11)21(28)29)18-9-15-19(24-10-25-20(15)27-18)26-13-4-6-17(23)16(22)8-13/h3-10H,2H2,1H3,(H,28,29)(H2,24,25,26,27). The first kappa shape index (κ1) is 18.9. The van der Waals surface area contributed by atoms with Crippen molar-refractivity contribution in [1.29, 1.82) is 0 Å². The molecule has 0 saturated carbocycles. The number of fused-ring (bicyclic) bond motifs is 1. The van der Waals surface area contributed by atoms with Gasteiger partial charge in [-0.3, -0.25) is 0 Å². The molecule has 4 rings (SSSR count). The van der Waals surface area contributed by atoms with Crippen LogP contribution in [0, 0.1) is 5.82 Å². The van der Waals surface area contributed by atoms with Crippen LogP contribution in [-0.2, 0) is 6.42 Å². The Bertz CT molecular complexity index is 1240. The number of aryl methyl sites for hydroxylation is 1. The lowest BCUT2D eigenvalue weighted by molar-refractivity contribution is 0.0695. The molecule has 0 radical (unpaired) electrons. The van der Waals surface area contributed by atoms with Crippen molar-refractivity contribution in [2.75, 3.05) is 5.32 Å². The second-order valence-corrected chi connectivity index (χ2v) is 6.86. The number of halogens is 2. The smallest absolute Gasteiger partial charge is 0.335 e. The van der Waals surface area contributed by atoms with Crippen molar-refractivity contribution in [3.63, 3.8) is 0 Å². The van der Waals surface area contributed by atoms with Crippen LogP contribution in [0.3, 0.4) is 0 Å². The van der Waals surface area contributed by atoms with Gasteiger partial charge in [0.1, 0.15) is 23.6 Å². The Balaban J connectivity index is 1.74. The number of aromatic amines is 1. The van der Waals surface area contributed by atoms with E-state index in [0.29, 0.717) is 29.1 Å².